The highest BCUT2D eigenvalue weighted by Crippen LogP contribution is 2.36. The van der Waals surface area contributed by atoms with Gasteiger partial charge in [-0.05, 0) is 31.0 Å². The SMILES string of the molecule is CN(C)S(=O)(=O)c1cccc(C(=O)NCC2(N3CCSCC3)CCCC2)c1. The third kappa shape index (κ3) is 4.50. The molecule has 1 aliphatic carbocycles. The average Bonchev–Trinajstić information content (AvgIpc) is 3.17. The second-order valence-electron chi connectivity index (χ2n) is 7.53. The standard InChI is InChI=1S/C19H29N3O3S2/c1-21(2)27(24,25)17-7-5-6-16(14-17)18(23)20-15-19(8-3-4-9-19)22-10-12-26-13-11-22/h5-7,14H,3-4,8-13,15H2,1-2H3,(H,20,23). The molecule has 2 fully saturated rings. The van der Waals surface area contributed by atoms with Crippen molar-refractivity contribution in [2.45, 2.75) is 36.1 Å². The summed E-state index contributed by atoms with van der Waals surface area (Å²) in [5.41, 5.74) is 0.449. The van der Waals surface area contributed by atoms with Crippen LogP contribution in [0.25, 0.3) is 0 Å². The van der Waals surface area contributed by atoms with Crippen LogP contribution in [0.15, 0.2) is 29.2 Å². The van der Waals surface area contributed by atoms with E-state index in [1.54, 1.807) is 12.1 Å². The summed E-state index contributed by atoms with van der Waals surface area (Å²) in [7, 11) is -0.572. The van der Waals surface area contributed by atoms with Gasteiger partial charge in [0.05, 0.1) is 4.90 Å². The Balaban J connectivity index is 1.71. The second-order valence-corrected chi connectivity index (χ2v) is 10.9. The summed E-state index contributed by atoms with van der Waals surface area (Å²) in [5, 5.41) is 3.09. The number of carbonyl (C=O) groups is 1. The summed E-state index contributed by atoms with van der Waals surface area (Å²) in [4.78, 5) is 15.4. The highest BCUT2D eigenvalue weighted by Gasteiger charge is 2.40. The van der Waals surface area contributed by atoms with Crippen molar-refractivity contribution in [3.05, 3.63) is 29.8 Å². The van der Waals surface area contributed by atoms with Crippen LogP contribution in [0.1, 0.15) is 36.0 Å². The first-order valence-electron chi connectivity index (χ1n) is 9.49. The molecule has 1 aromatic carbocycles. The molecule has 1 amide bonds. The number of amides is 1. The molecule has 6 nitrogen and oxygen atoms in total. The normalized spacial score (nSPS) is 20.7. The molecule has 1 N–H and O–H groups in total. The monoisotopic (exact) mass is 411 g/mol. The minimum Gasteiger partial charge on any atom is -0.350 e. The number of sulfonamides is 1. The van der Waals surface area contributed by atoms with Crippen molar-refractivity contribution < 1.29 is 13.2 Å². The van der Waals surface area contributed by atoms with Gasteiger partial charge in [-0.1, -0.05) is 18.9 Å². The van der Waals surface area contributed by atoms with E-state index in [0.717, 1.165) is 41.7 Å². The predicted octanol–water partition coefficient (Wildman–Crippen LogP) is 2.03. The molecule has 0 unspecified atom stereocenters. The Labute approximate surface area is 166 Å². The van der Waals surface area contributed by atoms with Crippen LogP contribution >= 0.6 is 11.8 Å². The van der Waals surface area contributed by atoms with Crippen LogP contribution in [0.2, 0.25) is 0 Å². The molecule has 0 bridgehead atoms. The quantitative estimate of drug-likeness (QED) is 0.776. The molecule has 0 aromatic heterocycles. The second kappa shape index (κ2) is 8.51. The van der Waals surface area contributed by atoms with E-state index in [1.807, 2.05) is 11.8 Å². The van der Waals surface area contributed by atoms with Crippen LogP contribution in [-0.4, -0.2) is 74.3 Å². The van der Waals surface area contributed by atoms with Crippen LogP contribution in [0.5, 0.6) is 0 Å². The molecule has 1 saturated carbocycles. The number of carbonyl (C=O) groups excluding carboxylic acids is 1. The summed E-state index contributed by atoms with van der Waals surface area (Å²) in [5.74, 6) is 2.10. The fourth-order valence-corrected chi connectivity index (χ4v) is 5.88. The molecular weight excluding hydrogens is 382 g/mol. The molecule has 27 heavy (non-hydrogen) atoms. The van der Waals surface area contributed by atoms with Crippen LogP contribution < -0.4 is 5.32 Å². The lowest BCUT2D eigenvalue weighted by molar-refractivity contribution is 0.0817. The Bertz CT molecular complexity index is 768. The maximum absolute atomic E-state index is 12.7. The van der Waals surface area contributed by atoms with Gasteiger partial charge in [-0.25, -0.2) is 12.7 Å². The van der Waals surface area contributed by atoms with Crippen molar-refractivity contribution >= 4 is 27.7 Å². The molecule has 0 spiro atoms. The van der Waals surface area contributed by atoms with Crippen LogP contribution in [0.3, 0.4) is 0 Å². The van der Waals surface area contributed by atoms with E-state index in [-0.39, 0.29) is 16.3 Å². The molecule has 3 rings (SSSR count). The lowest BCUT2D eigenvalue weighted by Crippen LogP contribution is -2.56. The molecular formula is C19H29N3O3S2. The molecule has 0 atom stereocenters. The van der Waals surface area contributed by atoms with E-state index < -0.39 is 10.0 Å². The van der Waals surface area contributed by atoms with Gasteiger partial charge >= 0.3 is 0 Å². The first-order chi connectivity index (χ1) is 12.8. The smallest absolute Gasteiger partial charge is 0.251 e. The van der Waals surface area contributed by atoms with Gasteiger partial charge in [-0.3, -0.25) is 9.69 Å². The van der Waals surface area contributed by atoms with Crippen molar-refractivity contribution in [1.82, 2.24) is 14.5 Å². The zero-order valence-electron chi connectivity index (χ0n) is 16.1. The molecule has 1 heterocycles. The summed E-state index contributed by atoms with van der Waals surface area (Å²) in [6.45, 7) is 2.79. The number of nitrogens with zero attached hydrogens (tertiary/aromatic N) is 2. The van der Waals surface area contributed by atoms with E-state index in [4.69, 9.17) is 0 Å². The Morgan fingerprint density at radius 2 is 1.89 bits per heavy atom. The highest BCUT2D eigenvalue weighted by atomic mass is 32.2. The van der Waals surface area contributed by atoms with Gasteiger partial charge in [0.15, 0.2) is 0 Å². The van der Waals surface area contributed by atoms with Gasteiger partial charge in [0, 0.05) is 56.3 Å². The van der Waals surface area contributed by atoms with E-state index in [9.17, 15) is 13.2 Å². The first-order valence-corrected chi connectivity index (χ1v) is 12.1. The lowest BCUT2D eigenvalue weighted by atomic mass is 9.94. The van der Waals surface area contributed by atoms with Crippen LogP contribution in [0, 0.1) is 0 Å². The minimum atomic E-state index is -3.55. The third-order valence-corrected chi connectivity index (χ3v) is 8.42. The van der Waals surface area contributed by atoms with Gasteiger partial charge in [0.2, 0.25) is 10.0 Å². The maximum Gasteiger partial charge on any atom is 0.251 e. The Kier molecular flexibility index (Phi) is 6.50. The fourth-order valence-electron chi connectivity index (χ4n) is 4.03. The van der Waals surface area contributed by atoms with E-state index in [1.165, 1.54) is 39.1 Å². The summed E-state index contributed by atoms with van der Waals surface area (Å²) < 4.78 is 25.8. The van der Waals surface area contributed by atoms with Crippen molar-refractivity contribution in [2.75, 3.05) is 45.2 Å². The number of hydrogen-bond donors (Lipinski definition) is 1. The molecule has 1 aliphatic heterocycles. The summed E-state index contributed by atoms with van der Waals surface area (Å²) in [6.07, 6.45) is 4.64. The minimum absolute atomic E-state index is 0.0595. The van der Waals surface area contributed by atoms with E-state index in [0.29, 0.717) is 12.1 Å². The number of rotatable bonds is 6. The molecule has 0 radical (unpaired) electrons. The number of thioether (sulfide) groups is 1. The van der Waals surface area contributed by atoms with Crippen molar-refractivity contribution in [2.24, 2.45) is 0 Å². The highest BCUT2D eigenvalue weighted by molar-refractivity contribution is 7.99. The first kappa shape index (κ1) is 20.6. The van der Waals surface area contributed by atoms with Gasteiger partial charge in [0.25, 0.3) is 5.91 Å². The summed E-state index contributed by atoms with van der Waals surface area (Å²) >= 11 is 1.99. The number of nitrogens with one attached hydrogen (secondary N) is 1. The lowest BCUT2D eigenvalue weighted by Gasteiger charge is -2.43. The van der Waals surface area contributed by atoms with Crippen molar-refractivity contribution in [1.29, 1.82) is 0 Å². The van der Waals surface area contributed by atoms with Gasteiger partial charge < -0.3 is 5.32 Å². The Hall–Kier alpha value is -1.09. The summed E-state index contributed by atoms with van der Waals surface area (Å²) in [6, 6.07) is 6.28. The van der Waals surface area contributed by atoms with E-state index in [2.05, 4.69) is 10.2 Å². The largest absolute Gasteiger partial charge is 0.350 e. The molecule has 2 aliphatic rings. The van der Waals surface area contributed by atoms with E-state index >= 15 is 0 Å². The van der Waals surface area contributed by atoms with Gasteiger partial charge in [-0.2, -0.15) is 11.8 Å². The number of hydrogen-bond acceptors (Lipinski definition) is 5. The van der Waals surface area contributed by atoms with Gasteiger partial charge in [-0.15, -0.1) is 0 Å². The average molecular weight is 412 g/mol. The van der Waals surface area contributed by atoms with Gasteiger partial charge in [0.1, 0.15) is 0 Å². The zero-order chi connectivity index (χ0) is 19.5. The Morgan fingerprint density at radius 1 is 1.22 bits per heavy atom. The third-order valence-electron chi connectivity index (χ3n) is 5.67. The predicted molar refractivity (Wildman–Crippen MR) is 110 cm³/mol. The van der Waals surface area contributed by atoms with Crippen molar-refractivity contribution in [3.63, 3.8) is 0 Å². The fraction of sp³-hybridized carbons (Fsp3) is 0.632. The Morgan fingerprint density at radius 3 is 2.52 bits per heavy atom. The zero-order valence-corrected chi connectivity index (χ0v) is 17.7. The molecule has 1 saturated heterocycles. The van der Waals surface area contributed by atoms with Crippen molar-refractivity contribution in [3.8, 4) is 0 Å². The van der Waals surface area contributed by atoms with Crippen LogP contribution in [0.4, 0.5) is 0 Å². The number of benzene rings is 1. The molecule has 1 aromatic rings. The molecule has 8 heteroatoms. The van der Waals surface area contributed by atoms with Crippen LogP contribution in [-0.2, 0) is 10.0 Å². The molecule has 150 valence electrons. The maximum atomic E-state index is 12.7. The topological polar surface area (TPSA) is 69.7 Å².